The molecule has 2 aliphatic heterocycles. The summed E-state index contributed by atoms with van der Waals surface area (Å²) in [7, 11) is 0. The van der Waals surface area contributed by atoms with Crippen molar-refractivity contribution in [1.29, 1.82) is 0 Å². The van der Waals surface area contributed by atoms with Crippen LogP contribution in [0, 0.1) is 0 Å². The number of hydrogen-bond acceptors (Lipinski definition) is 4. The second kappa shape index (κ2) is 8.17. The zero-order valence-electron chi connectivity index (χ0n) is 16.3. The van der Waals surface area contributed by atoms with Crippen molar-refractivity contribution in [3.63, 3.8) is 0 Å². The molecule has 0 unspecified atom stereocenters. The minimum absolute atomic E-state index is 0.189. The average Bonchev–Trinajstić information content (AvgIpc) is 3.15. The van der Waals surface area contributed by atoms with Crippen LogP contribution in [0.1, 0.15) is 5.56 Å². The molecule has 4 nitrogen and oxygen atoms in total. The molecule has 1 fully saturated rings. The number of amidine groups is 1. The summed E-state index contributed by atoms with van der Waals surface area (Å²) in [6.07, 6.45) is 1.83. The second-order valence-electron chi connectivity index (χ2n) is 7.30. The number of thioether (sulfide) groups is 1. The van der Waals surface area contributed by atoms with E-state index in [1.807, 2.05) is 30.3 Å². The maximum absolute atomic E-state index is 12.4. The Balaban J connectivity index is 1.29. The maximum Gasteiger partial charge on any atom is 0.286 e. The van der Waals surface area contributed by atoms with Crippen LogP contribution in [0.15, 0.2) is 76.6 Å². The van der Waals surface area contributed by atoms with Crippen molar-refractivity contribution in [2.75, 3.05) is 31.1 Å². The standard InChI is InChI=1S/C24H20ClN3OS/c25-20-10-4-2-7-18(20)16-22-23(29)26-24(30-22)28-14-12-27(13-15-28)21-11-5-8-17-6-1-3-9-19(17)21/h1-11,16H,12-15H2/b22-16-. The van der Waals surface area contributed by atoms with Gasteiger partial charge in [-0.1, -0.05) is 66.2 Å². The van der Waals surface area contributed by atoms with Crippen LogP contribution in [-0.2, 0) is 4.79 Å². The predicted molar refractivity (Wildman–Crippen MR) is 127 cm³/mol. The molecule has 0 atom stereocenters. The van der Waals surface area contributed by atoms with Gasteiger partial charge in [0, 0.05) is 42.3 Å². The highest BCUT2D eigenvalue weighted by molar-refractivity contribution is 8.18. The van der Waals surface area contributed by atoms with Crippen molar-refractivity contribution in [1.82, 2.24) is 4.90 Å². The highest BCUT2D eigenvalue weighted by Gasteiger charge is 2.29. The van der Waals surface area contributed by atoms with Gasteiger partial charge in [-0.15, -0.1) is 0 Å². The molecule has 150 valence electrons. The zero-order valence-corrected chi connectivity index (χ0v) is 17.9. The zero-order chi connectivity index (χ0) is 20.5. The molecule has 2 heterocycles. The summed E-state index contributed by atoms with van der Waals surface area (Å²) >= 11 is 7.67. The van der Waals surface area contributed by atoms with Crippen LogP contribution in [0.2, 0.25) is 5.02 Å². The molecule has 1 saturated heterocycles. The van der Waals surface area contributed by atoms with Gasteiger partial charge in [0.25, 0.3) is 5.91 Å². The van der Waals surface area contributed by atoms with E-state index >= 15 is 0 Å². The summed E-state index contributed by atoms with van der Waals surface area (Å²) in [6, 6.07) is 22.5. The van der Waals surface area contributed by atoms with Crippen LogP contribution >= 0.6 is 23.4 Å². The molecular formula is C24H20ClN3OS. The first kappa shape index (κ1) is 19.2. The minimum Gasteiger partial charge on any atom is -0.367 e. The number of nitrogens with zero attached hydrogens (tertiary/aromatic N) is 3. The molecule has 1 amide bonds. The maximum atomic E-state index is 12.4. The van der Waals surface area contributed by atoms with Gasteiger partial charge < -0.3 is 9.80 Å². The summed E-state index contributed by atoms with van der Waals surface area (Å²) in [5.41, 5.74) is 2.11. The molecule has 30 heavy (non-hydrogen) atoms. The van der Waals surface area contributed by atoms with Gasteiger partial charge in [-0.2, -0.15) is 4.99 Å². The van der Waals surface area contributed by atoms with E-state index in [4.69, 9.17) is 11.6 Å². The van der Waals surface area contributed by atoms with E-state index in [1.54, 1.807) is 0 Å². The molecule has 0 N–H and O–H groups in total. The average molecular weight is 434 g/mol. The minimum atomic E-state index is -0.189. The fraction of sp³-hybridized carbons (Fsp3) is 0.167. The Morgan fingerprint density at radius 2 is 1.57 bits per heavy atom. The first-order valence-electron chi connectivity index (χ1n) is 9.94. The molecule has 0 radical (unpaired) electrons. The lowest BCUT2D eigenvalue weighted by Crippen LogP contribution is -2.47. The van der Waals surface area contributed by atoms with Crippen molar-refractivity contribution in [3.05, 3.63) is 82.2 Å². The number of halogens is 1. The van der Waals surface area contributed by atoms with Gasteiger partial charge >= 0.3 is 0 Å². The lowest BCUT2D eigenvalue weighted by atomic mass is 10.1. The fourth-order valence-electron chi connectivity index (χ4n) is 3.89. The Bertz CT molecular complexity index is 1180. The van der Waals surface area contributed by atoms with Crippen molar-refractivity contribution in [2.45, 2.75) is 0 Å². The normalized spacial score (nSPS) is 18.4. The lowest BCUT2D eigenvalue weighted by molar-refractivity contribution is -0.113. The molecule has 3 aromatic rings. The number of piperazine rings is 1. The van der Waals surface area contributed by atoms with Crippen LogP contribution in [0.25, 0.3) is 16.8 Å². The highest BCUT2D eigenvalue weighted by atomic mass is 35.5. The quantitative estimate of drug-likeness (QED) is 0.515. The highest BCUT2D eigenvalue weighted by Crippen LogP contribution is 2.33. The van der Waals surface area contributed by atoms with E-state index in [0.717, 1.165) is 36.9 Å². The third-order valence-electron chi connectivity index (χ3n) is 5.46. The summed E-state index contributed by atoms with van der Waals surface area (Å²) in [6.45, 7) is 3.46. The molecule has 2 aliphatic rings. The van der Waals surface area contributed by atoms with Gasteiger partial charge in [-0.3, -0.25) is 4.79 Å². The second-order valence-corrected chi connectivity index (χ2v) is 8.72. The number of benzene rings is 3. The number of fused-ring (bicyclic) bond motifs is 1. The Morgan fingerprint density at radius 3 is 2.40 bits per heavy atom. The van der Waals surface area contributed by atoms with Crippen molar-refractivity contribution in [3.8, 4) is 0 Å². The third kappa shape index (κ3) is 3.71. The smallest absolute Gasteiger partial charge is 0.286 e. The lowest BCUT2D eigenvalue weighted by Gasteiger charge is -2.37. The first-order chi connectivity index (χ1) is 14.7. The monoisotopic (exact) mass is 433 g/mol. The van der Waals surface area contributed by atoms with Crippen LogP contribution in [0.4, 0.5) is 5.69 Å². The number of carbonyl (C=O) groups is 1. The number of aliphatic imine (C=N–C) groups is 1. The molecule has 0 spiro atoms. The topological polar surface area (TPSA) is 35.9 Å². The number of amides is 1. The SMILES string of the molecule is O=C1N=C(N2CCN(c3cccc4ccccc34)CC2)S/C1=C\c1ccccc1Cl. The van der Waals surface area contributed by atoms with E-state index in [2.05, 4.69) is 57.3 Å². The largest absolute Gasteiger partial charge is 0.367 e. The molecular weight excluding hydrogens is 414 g/mol. The molecule has 0 saturated carbocycles. The fourth-order valence-corrected chi connectivity index (χ4v) is 5.04. The van der Waals surface area contributed by atoms with E-state index < -0.39 is 0 Å². The van der Waals surface area contributed by atoms with Crippen molar-refractivity contribution >= 4 is 57.0 Å². The van der Waals surface area contributed by atoms with Crippen LogP contribution < -0.4 is 4.90 Å². The van der Waals surface area contributed by atoms with Crippen LogP contribution in [0.5, 0.6) is 0 Å². The van der Waals surface area contributed by atoms with Gasteiger partial charge in [0.2, 0.25) is 0 Å². The number of hydrogen-bond donors (Lipinski definition) is 0. The Labute approximate surface area is 184 Å². The molecule has 0 aliphatic carbocycles. The van der Waals surface area contributed by atoms with Crippen molar-refractivity contribution in [2.24, 2.45) is 4.99 Å². The van der Waals surface area contributed by atoms with Crippen molar-refractivity contribution < 1.29 is 4.79 Å². The van der Waals surface area contributed by atoms with Crippen LogP contribution in [-0.4, -0.2) is 42.2 Å². The Morgan fingerprint density at radius 1 is 0.867 bits per heavy atom. The van der Waals surface area contributed by atoms with Gasteiger partial charge in [0.05, 0.1) is 4.91 Å². The molecule has 5 rings (SSSR count). The number of anilines is 1. The number of carbonyl (C=O) groups excluding carboxylic acids is 1. The summed E-state index contributed by atoms with van der Waals surface area (Å²) in [5.74, 6) is -0.189. The van der Waals surface area contributed by atoms with E-state index in [-0.39, 0.29) is 5.91 Å². The molecule has 3 aromatic carbocycles. The molecule has 0 bridgehead atoms. The summed E-state index contributed by atoms with van der Waals surface area (Å²) < 4.78 is 0. The Hall–Kier alpha value is -2.76. The van der Waals surface area contributed by atoms with E-state index in [1.165, 1.54) is 28.2 Å². The number of rotatable bonds is 2. The third-order valence-corrected chi connectivity index (χ3v) is 6.85. The van der Waals surface area contributed by atoms with Gasteiger partial charge in [-0.25, -0.2) is 0 Å². The van der Waals surface area contributed by atoms with Gasteiger partial charge in [-0.05, 0) is 40.9 Å². The van der Waals surface area contributed by atoms with Gasteiger partial charge in [0.1, 0.15) is 0 Å². The predicted octanol–water partition coefficient (Wildman–Crippen LogP) is 5.29. The molecule has 6 heteroatoms. The van der Waals surface area contributed by atoms with Gasteiger partial charge in [0.15, 0.2) is 5.17 Å². The van der Waals surface area contributed by atoms with E-state index in [9.17, 15) is 4.79 Å². The summed E-state index contributed by atoms with van der Waals surface area (Å²) in [5, 5.41) is 3.96. The molecule has 0 aromatic heterocycles. The summed E-state index contributed by atoms with van der Waals surface area (Å²) in [4.78, 5) is 22.0. The Kier molecular flexibility index (Phi) is 5.23. The van der Waals surface area contributed by atoms with E-state index in [0.29, 0.717) is 9.93 Å². The first-order valence-corrected chi connectivity index (χ1v) is 11.1. The van der Waals surface area contributed by atoms with Crippen LogP contribution in [0.3, 0.4) is 0 Å².